The summed E-state index contributed by atoms with van der Waals surface area (Å²) in [6.07, 6.45) is 7.77. The molecule has 0 unspecified atom stereocenters. The molecule has 0 spiro atoms. The molecule has 2 heterocycles. The zero-order valence-electron chi connectivity index (χ0n) is 14.7. The van der Waals surface area contributed by atoms with E-state index in [-0.39, 0.29) is 23.9 Å². The summed E-state index contributed by atoms with van der Waals surface area (Å²) in [4.78, 5) is 36.0. The molecule has 1 aliphatic rings. The molecule has 0 aromatic carbocycles. The van der Waals surface area contributed by atoms with Crippen LogP contribution in [0.5, 0.6) is 0 Å². The SMILES string of the molecule is Cc1nc(-c2ccncc2)[nH]c(=O)c1CC(=O)N[C@H]1CCC[C@@H](C)C1. The van der Waals surface area contributed by atoms with Gasteiger partial charge in [-0.25, -0.2) is 4.98 Å². The summed E-state index contributed by atoms with van der Waals surface area (Å²) in [5, 5.41) is 3.07. The maximum atomic E-state index is 12.4. The number of nitrogens with one attached hydrogen (secondary N) is 2. The van der Waals surface area contributed by atoms with Gasteiger partial charge in [-0.3, -0.25) is 14.6 Å². The molecule has 0 radical (unpaired) electrons. The van der Waals surface area contributed by atoms with Gasteiger partial charge in [0.1, 0.15) is 5.82 Å². The van der Waals surface area contributed by atoms with Crippen molar-refractivity contribution in [3.63, 3.8) is 0 Å². The fourth-order valence-corrected chi connectivity index (χ4v) is 3.47. The molecular weight excluding hydrogens is 316 g/mol. The Hall–Kier alpha value is -2.50. The fourth-order valence-electron chi connectivity index (χ4n) is 3.47. The van der Waals surface area contributed by atoms with E-state index in [0.717, 1.165) is 24.8 Å². The number of carbonyl (C=O) groups is 1. The maximum Gasteiger partial charge on any atom is 0.255 e. The van der Waals surface area contributed by atoms with E-state index in [0.29, 0.717) is 23.0 Å². The Morgan fingerprint density at radius 2 is 2.08 bits per heavy atom. The van der Waals surface area contributed by atoms with Crippen LogP contribution in [0.1, 0.15) is 43.9 Å². The van der Waals surface area contributed by atoms with Gasteiger partial charge in [-0.15, -0.1) is 0 Å². The predicted molar refractivity (Wildman–Crippen MR) is 96.1 cm³/mol. The van der Waals surface area contributed by atoms with Gasteiger partial charge in [0.25, 0.3) is 5.56 Å². The maximum absolute atomic E-state index is 12.4. The van der Waals surface area contributed by atoms with Gasteiger partial charge in [0.15, 0.2) is 0 Å². The van der Waals surface area contributed by atoms with Crippen molar-refractivity contribution in [2.24, 2.45) is 5.92 Å². The van der Waals surface area contributed by atoms with E-state index in [1.54, 1.807) is 31.5 Å². The lowest BCUT2D eigenvalue weighted by Crippen LogP contribution is -2.39. The van der Waals surface area contributed by atoms with Crippen molar-refractivity contribution in [2.45, 2.75) is 52.0 Å². The van der Waals surface area contributed by atoms with Crippen molar-refractivity contribution in [3.05, 3.63) is 46.1 Å². The largest absolute Gasteiger partial charge is 0.353 e. The number of pyridine rings is 1. The summed E-state index contributed by atoms with van der Waals surface area (Å²) in [5.74, 6) is 1.03. The van der Waals surface area contributed by atoms with Gasteiger partial charge in [0, 0.05) is 35.3 Å². The Labute approximate surface area is 147 Å². The lowest BCUT2D eigenvalue weighted by atomic mass is 9.87. The van der Waals surface area contributed by atoms with Crippen LogP contribution >= 0.6 is 0 Å². The molecular formula is C19H24N4O2. The zero-order valence-corrected chi connectivity index (χ0v) is 14.7. The van der Waals surface area contributed by atoms with Gasteiger partial charge in [-0.1, -0.05) is 19.8 Å². The first kappa shape index (κ1) is 17.3. The third-order valence-electron chi connectivity index (χ3n) is 4.81. The molecule has 1 amide bonds. The Bertz CT molecular complexity index is 801. The highest BCUT2D eigenvalue weighted by Crippen LogP contribution is 2.23. The lowest BCUT2D eigenvalue weighted by molar-refractivity contribution is -0.121. The number of hydrogen-bond donors (Lipinski definition) is 2. The molecule has 1 saturated carbocycles. The molecule has 0 saturated heterocycles. The van der Waals surface area contributed by atoms with Crippen LogP contribution in [0.2, 0.25) is 0 Å². The summed E-state index contributed by atoms with van der Waals surface area (Å²) >= 11 is 0. The Morgan fingerprint density at radius 1 is 1.32 bits per heavy atom. The van der Waals surface area contributed by atoms with Crippen molar-refractivity contribution < 1.29 is 4.79 Å². The van der Waals surface area contributed by atoms with Gasteiger partial charge in [-0.05, 0) is 37.8 Å². The van der Waals surface area contributed by atoms with Crippen LogP contribution in [-0.4, -0.2) is 26.9 Å². The van der Waals surface area contributed by atoms with E-state index in [1.165, 1.54) is 6.42 Å². The number of aryl methyl sites for hydroxylation is 1. The first-order chi connectivity index (χ1) is 12.0. The number of rotatable bonds is 4. The predicted octanol–water partition coefficient (Wildman–Crippen LogP) is 2.38. The molecule has 0 aliphatic heterocycles. The van der Waals surface area contributed by atoms with Crippen molar-refractivity contribution in [1.82, 2.24) is 20.3 Å². The molecule has 6 nitrogen and oxygen atoms in total. The van der Waals surface area contributed by atoms with Gasteiger partial charge < -0.3 is 10.3 Å². The third kappa shape index (κ3) is 4.32. The van der Waals surface area contributed by atoms with Crippen LogP contribution < -0.4 is 10.9 Å². The molecule has 6 heteroatoms. The highest BCUT2D eigenvalue weighted by Gasteiger charge is 2.21. The number of aromatic nitrogens is 3. The minimum atomic E-state index is -0.258. The summed E-state index contributed by atoms with van der Waals surface area (Å²) in [5.41, 5.74) is 1.55. The monoisotopic (exact) mass is 340 g/mol. The van der Waals surface area contributed by atoms with E-state index < -0.39 is 0 Å². The van der Waals surface area contributed by atoms with E-state index >= 15 is 0 Å². The van der Waals surface area contributed by atoms with Crippen LogP contribution in [0, 0.1) is 12.8 Å². The van der Waals surface area contributed by atoms with Gasteiger partial charge >= 0.3 is 0 Å². The van der Waals surface area contributed by atoms with Crippen LogP contribution in [0.25, 0.3) is 11.4 Å². The van der Waals surface area contributed by atoms with E-state index in [1.807, 2.05) is 0 Å². The van der Waals surface area contributed by atoms with Crippen LogP contribution in [-0.2, 0) is 11.2 Å². The second kappa shape index (κ2) is 7.59. The summed E-state index contributed by atoms with van der Waals surface area (Å²) in [7, 11) is 0. The summed E-state index contributed by atoms with van der Waals surface area (Å²) in [6, 6.07) is 3.79. The number of H-pyrrole nitrogens is 1. The molecule has 2 atom stereocenters. The van der Waals surface area contributed by atoms with Crippen LogP contribution in [0.4, 0.5) is 0 Å². The molecule has 0 bridgehead atoms. The quantitative estimate of drug-likeness (QED) is 0.894. The number of carbonyl (C=O) groups excluding carboxylic acids is 1. The first-order valence-electron chi connectivity index (χ1n) is 8.82. The Balaban J connectivity index is 1.72. The standard InChI is InChI=1S/C19H24N4O2/c1-12-4-3-5-15(10-12)22-17(24)11-16-13(2)21-18(23-19(16)25)14-6-8-20-9-7-14/h6-9,12,15H,3-5,10-11H2,1-2H3,(H,22,24)(H,21,23,25)/t12-,15+/m1/s1. The lowest BCUT2D eigenvalue weighted by Gasteiger charge is -2.27. The normalized spacial score (nSPS) is 20.2. The molecule has 25 heavy (non-hydrogen) atoms. The molecule has 2 aromatic heterocycles. The van der Waals surface area contributed by atoms with E-state index in [2.05, 4.69) is 27.2 Å². The van der Waals surface area contributed by atoms with Crippen molar-refractivity contribution in [1.29, 1.82) is 0 Å². The first-order valence-corrected chi connectivity index (χ1v) is 8.82. The van der Waals surface area contributed by atoms with Crippen LogP contribution in [0.15, 0.2) is 29.3 Å². The fraction of sp³-hybridized carbons (Fsp3) is 0.474. The van der Waals surface area contributed by atoms with Crippen molar-refractivity contribution in [2.75, 3.05) is 0 Å². The highest BCUT2D eigenvalue weighted by molar-refractivity contribution is 5.79. The number of amides is 1. The third-order valence-corrected chi connectivity index (χ3v) is 4.81. The smallest absolute Gasteiger partial charge is 0.255 e. The van der Waals surface area contributed by atoms with Crippen molar-refractivity contribution in [3.8, 4) is 11.4 Å². The number of nitrogens with zero attached hydrogens (tertiary/aromatic N) is 2. The molecule has 2 aromatic rings. The zero-order chi connectivity index (χ0) is 17.8. The average Bonchev–Trinajstić information content (AvgIpc) is 2.59. The van der Waals surface area contributed by atoms with Gasteiger partial charge in [0.05, 0.1) is 6.42 Å². The second-order valence-electron chi connectivity index (χ2n) is 6.93. The molecule has 1 fully saturated rings. The Morgan fingerprint density at radius 3 is 2.76 bits per heavy atom. The highest BCUT2D eigenvalue weighted by atomic mass is 16.2. The topological polar surface area (TPSA) is 87.7 Å². The molecule has 132 valence electrons. The van der Waals surface area contributed by atoms with E-state index in [4.69, 9.17) is 0 Å². The van der Waals surface area contributed by atoms with Gasteiger partial charge in [-0.2, -0.15) is 0 Å². The minimum Gasteiger partial charge on any atom is -0.353 e. The minimum absolute atomic E-state index is 0.0652. The van der Waals surface area contributed by atoms with Gasteiger partial charge in [0.2, 0.25) is 5.91 Å². The molecule has 2 N–H and O–H groups in total. The second-order valence-corrected chi connectivity index (χ2v) is 6.93. The molecule has 1 aliphatic carbocycles. The molecule has 3 rings (SSSR count). The Kier molecular flexibility index (Phi) is 5.26. The van der Waals surface area contributed by atoms with Crippen molar-refractivity contribution >= 4 is 5.91 Å². The number of aromatic amines is 1. The summed E-state index contributed by atoms with van der Waals surface area (Å²) in [6.45, 7) is 3.99. The van der Waals surface area contributed by atoms with E-state index in [9.17, 15) is 9.59 Å². The average molecular weight is 340 g/mol. The number of hydrogen-bond acceptors (Lipinski definition) is 4. The summed E-state index contributed by atoms with van der Waals surface area (Å²) < 4.78 is 0. The van der Waals surface area contributed by atoms with Crippen LogP contribution in [0.3, 0.4) is 0 Å².